The number of ether oxygens (including phenoxy) is 2. The lowest BCUT2D eigenvalue weighted by atomic mass is 9.61. The van der Waals surface area contributed by atoms with Crippen LogP contribution in [0.5, 0.6) is 0 Å². The Balaban J connectivity index is 0.00000159. The normalized spacial score (nSPS) is 22.2. The summed E-state index contributed by atoms with van der Waals surface area (Å²) in [5, 5.41) is 12.1. The summed E-state index contributed by atoms with van der Waals surface area (Å²) in [5.41, 5.74) is 5.02. The van der Waals surface area contributed by atoms with Gasteiger partial charge in [-0.3, -0.25) is 9.58 Å². The van der Waals surface area contributed by atoms with Crippen molar-refractivity contribution >= 4 is 62.8 Å². The summed E-state index contributed by atoms with van der Waals surface area (Å²) in [5.74, 6) is 1.02. The van der Waals surface area contributed by atoms with Gasteiger partial charge in [0.1, 0.15) is 5.60 Å². The molecule has 3 saturated heterocycles. The van der Waals surface area contributed by atoms with E-state index in [1.807, 2.05) is 52.8 Å². The number of anilines is 1. The van der Waals surface area contributed by atoms with Gasteiger partial charge in [0.05, 0.1) is 35.3 Å². The van der Waals surface area contributed by atoms with Gasteiger partial charge in [0.15, 0.2) is 5.82 Å². The molecule has 3 aromatic rings. The van der Waals surface area contributed by atoms with Gasteiger partial charge in [0.25, 0.3) is 0 Å². The molecule has 2 atom stereocenters. The Labute approximate surface area is 319 Å². The van der Waals surface area contributed by atoms with E-state index in [1.165, 1.54) is 0 Å². The Bertz CT molecular complexity index is 1700. The first kappa shape index (κ1) is 39.5. The SMILES string of the molecule is C.CC.COC1CN(C2CCN(c3nn(C4CC5(C4)CN(C(=O)OC(C)(C)C)C5)c(C)c3-c3c(Cl)c(C)cc4c3cnn4PI)C(C)(C)C2)C1. The molecule has 7 rings (SSSR count). The molecule has 0 bridgehead atoms. The average Bonchev–Trinajstić information content (AvgIpc) is 3.52. The fourth-order valence-electron chi connectivity index (χ4n) is 8.51. The topological polar surface area (TPSA) is 80.9 Å². The van der Waals surface area contributed by atoms with Crippen molar-refractivity contribution in [2.75, 3.05) is 44.7 Å². The highest BCUT2D eigenvalue weighted by atomic mass is 127. The van der Waals surface area contributed by atoms with Gasteiger partial charge in [-0.15, -0.1) is 0 Å². The van der Waals surface area contributed by atoms with Crippen molar-refractivity contribution in [3.63, 3.8) is 0 Å². The van der Waals surface area contributed by atoms with Gasteiger partial charge in [-0.2, -0.15) is 10.2 Å². The van der Waals surface area contributed by atoms with Gasteiger partial charge >= 0.3 is 6.09 Å². The zero-order valence-electron chi connectivity index (χ0n) is 30.9. The number of aryl methyl sites for hydroxylation is 1. The van der Waals surface area contributed by atoms with Gasteiger partial charge in [0, 0.05) is 79.0 Å². The summed E-state index contributed by atoms with van der Waals surface area (Å²) in [6.45, 7) is 23.3. The standard InChI is InChI=1S/C34H48ClIN7O3P.C2H6.CH4/c1-20-11-26-25(15-37-43(26)47-36)28(29(20)35)27-21(2)42(23-13-34(14-23)18-40(19-34)31(44)46-32(3,4)5)38-30(27)41-10-9-22(12-33(41,6)7)39-16-24(17-39)45-8;1-2;/h11,15,22-24,47H,9-10,12-14,16-19H2,1-8H3;1-2H3;1H4. The molecule has 4 aliphatic rings. The van der Waals surface area contributed by atoms with Crippen molar-refractivity contribution in [1.82, 2.24) is 29.1 Å². The highest BCUT2D eigenvalue weighted by Gasteiger charge is 2.56. The molecule has 2 unspecified atom stereocenters. The van der Waals surface area contributed by atoms with Crippen LogP contribution in [0.1, 0.15) is 98.9 Å². The van der Waals surface area contributed by atoms with Gasteiger partial charge in [-0.05, 0) is 108 Å². The molecule has 4 fully saturated rings. The highest BCUT2D eigenvalue weighted by molar-refractivity contribution is 14.2. The van der Waals surface area contributed by atoms with E-state index < -0.39 is 5.60 Å². The average molecular weight is 842 g/mol. The van der Waals surface area contributed by atoms with Crippen molar-refractivity contribution in [3.8, 4) is 11.1 Å². The predicted octanol–water partition coefficient (Wildman–Crippen LogP) is 9.27. The third-order valence-corrected chi connectivity index (χ3v) is 13.4. The van der Waals surface area contributed by atoms with E-state index in [1.54, 1.807) is 0 Å². The zero-order chi connectivity index (χ0) is 35.6. The molecule has 278 valence electrons. The van der Waals surface area contributed by atoms with Crippen LogP contribution in [0, 0.1) is 19.3 Å². The van der Waals surface area contributed by atoms with E-state index in [4.69, 9.17) is 31.3 Å². The van der Waals surface area contributed by atoms with Gasteiger partial charge < -0.3 is 19.3 Å². The number of hydrogen-bond acceptors (Lipinski definition) is 7. The first-order valence-corrected chi connectivity index (χ1v) is 22.2. The number of benzene rings is 1. The maximum Gasteiger partial charge on any atom is 0.410 e. The predicted molar refractivity (Wildman–Crippen MR) is 217 cm³/mol. The summed E-state index contributed by atoms with van der Waals surface area (Å²) < 4.78 is 15.6. The molecule has 2 aromatic heterocycles. The minimum absolute atomic E-state index is 0. The van der Waals surface area contributed by atoms with Crippen molar-refractivity contribution in [1.29, 1.82) is 0 Å². The van der Waals surface area contributed by atoms with E-state index in [-0.39, 0.29) is 30.5 Å². The lowest BCUT2D eigenvalue weighted by molar-refractivity contribution is -0.0930. The van der Waals surface area contributed by atoms with Crippen molar-refractivity contribution < 1.29 is 14.3 Å². The number of methoxy groups -OCH3 is 1. The van der Waals surface area contributed by atoms with E-state index >= 15 is 0 Å². The smallest absolute Gasteiger partial charge is 0.410 e. The summed E-state index contributed by atoms with van der Waals surface area (Å²) in [7, 11) is 1.82. The van der Waals surface area contributed by atoms with E-state index in [0.29, 0.717) is 18.5 Å². The number of nitrogens with zero attached hydrogens (tertiary/aromatic N) is 7. The van der Waals surface area contributed by atoms with Crippen LogP contribution in [-0.2, 0) is 9.47 Å². The third kappa shape index (κ3) is 7.04. The van der Waals surface area contributed by atoms with Crippen LogP contribution in [0.2, 0.25) is 5.02 Å². The number of hydrogen-bond donors (Lipinski definition) is 0. The molecule has 1 saturated carbocycles. The quantitative estimate of drug-likeness (QED) is 0.181. The number of carbonyl (C=O) groups excluding carboxylic acids is 1. The van der Waals surface area contributed by atoms with Gasteiger partial charge in [-0.1, -0.05) is 32.9 Å². The van der Waals surface area contributed by atoms with Crippen LogP contribution < -0.4 is 4.90 Å². The fraction of sp³-hybridized carbons (Fsp3) is 0.703. The van der Waals surface area contributed by atoms with Gasteiger partial charge in [-0.25, -0.2) is 9.25 Å². The maximum atomic E-state index is 12.7. The second kappa shape index (κ2) is 14.6. The van der Waals surface area contributed by atoms with Crippen molar-refractivity contribution in [2.24, 2.45) is 5.41 Å². The Hall–Kier alpha value is -1.66. The molecule has 13 heteroatoms. The summed E-state index contributed by atoms with van der Waals surface area (Å²) in [6, 6.07) is 2.97. The highest BCUT2D eigenvalue weighted by Crippen LogP contribution is 2.56. The van der Waals surface area contributed by atoms with Crippen LogP contribution in [0.15, 0.2) is 12.3 Å². The minimum atomic E-state index is -0.485. The number of likely N-dealkylation sites (tertiary alicyclic amines) is 2. The van der Waals surface area contributed by atoms with Crippen LogP contribution in [0.4, 0.5) is 10.6 Å². The summed E-state index contributed by atoms with van der Waals surface area (Å²) in [6.07, 6.45) is 6.77. The maximum absolute atomic E-state index is 12.7. The molecule has 0 radical (unpaired) electrons. The molecule has 0 N–H and O–H groups in total. The van der Waals surface area contributed by atoms with Crippen molar-refractivity contribution in [2.45, 2.75) is 125 Å². The molecular weight excluding hydrogens is 784 g/mol. The zero-order valence-corrected chi connectivity index (χ0v) is 34.8. The van der Waals surface area contributed by atoms with Crippen LogP contribution >= 0.6 is 40.0 Å². The van der Waals surface area contributed by atoms with Crippen LogP contribution in [0.3, 0.4) is 0 Å². The third-order valence-electron chi connectivity index (χ3n) is 11.0. The minimum Gasteiger partial charge on any atom is -0.444 e. The monoisotopic (exact) mass is 841 g/mol. The molecule has 1 spiro atoms. The Kier molecular flexibility index (Phi) is 11.6. The number of halogens is 2. The molecule has 3 aliphatic heterocycles. The number of carbonyl (C=O) groups is 1. The first-order valence-electron chi connectivity index (χ1n) is 17.8. The Morgan fingerprint density at radius 2 is 1.74 bits per heavy atom. The lowest BCUT2D eigenvalue weighted by Crippen LogP contribution is -2.64. The van der Waals surface area contributed by atoms with E-state index in [2.05, 4.69) is 74.7 Å². The molecule has 5 heterocycles. The van der Waals surface area contributed by atoms with E-state index in [9.17, 15) is 4.79 Å². The number of fused-ring (bicyclic) bond motifs is 1. The second-order valence-electron chi connectivity index (χ2n) is 16.0. The van der Waals surface area contributed by atoms with Gasteiger partial charge in [0.2, 0.25) is 0 Å². The largest absolute Gasteiger partial charge is 0.444 e. The van der Waals surface area contributed by atoms with Crippen LogP contribution in [-0.4, -0.2) is 98.3 Å². The second-order valence-corrected chi connectivity index (χ2v) is 18.4. The molecule has 50 heavy (non-hydrogen) atoms. The summed E-state index contributed by atoms with van der Waals surface area (Å²) in [4.78, 5) is 19.7. The van der Waals surface area contributed by atoms with Crippen LogP contribution in [0.25, 0.3) is 22.0 Å². The molecule has 1 amide bonds. The van der Waals surface area contributed by atoms with Crippen molar-refractivity contribution in [3.05, 3.63) is 28.5 Å². The number of aromatic nitrogens is 4. The first-order chi connectivity index (χ1) is 23.1. The molecule has 1 aromatic carbocycles. The molecular formula is C37H58ClIN7O3P. The molecule has 1 aliphatic carbocycles. The number of amides is 1. The fourth-order valence-corrected chi connectivity index (χ4v) is 10.3. The number of rotatable bonds is 6. The molecule has 10 nitrogen and oxygen atoms in total. The lowest BCUT2D eigenvalue weighted by Gasteiger charge is -2.58. The summed E-state index contributed by atoms with van der Waals surface area (Å²) >= 11 is 9.67. The Morgan fingerprint density at radius 3 is 2.32 bits per heavy atom. The Morgan fingerprint density at radius 1 is 1.08 bits per heavy atom. The number of piperidine rings is 1. The van der Waals surface area contributed by atoms with E-state index in [0.717, 1.165) is 103 Å².